The van der Waals surface area contributed by atoms with Crippen LogP contribution in [-0.4, -0.2) is 31.9 Å². The van der Waals surface area contributed by atoms with Crippen LogP contribution < -0.4 is 4.74 Å². The van der Waals surface area contributed by atoms with E-state index in [-0.39, 0.29) is 31.3 Å². The van der Waals surface area contributed by atoms with Crippen LogP contribution in [0.5, 0.6) is 5.75 Å². The van der Waals surface area contributed by atoms with Crippen LogP contribution in [0.1, 0.15) is 12.0 Å². The molecule has 1 rings (SSSR count). The highest BCUT2D eigenvalue weighted by Crippen LogP contribution is 2.19. The predicted molar refractivity (Wildman–Crippen MR) is 71.0 cm³/mol. The van der Waals surface area contributed by atoms with Crippen LogP contribution in [0.2, 0.25) is 0 Å². The normalized spacial score (nSPS) is 10.9. The van der Waals surface area contributed by atoms with Crippen molar-refractivity contribution in [3.63, 3.8) is 0 Å². The summed E-state index contributed by atoms with van der Waals surface area (Å²) >= 11 is 5.41. The third-order valence-corrected chi connectivity index (χ3v) is 2.32. The van der Waals surface area contributed by atoms with E-state index < -0.39 is 18.6 Å². The maximum absolute atomic E-state index is 13.4. The van der Waals surface area contributed by atoms with Gasteiger partial charge in [0.05, 0.1) is 19.1 Å². The van der Waals surface area contributed by atoms with Gasteiger partial charge in [-0.1, -0.05) is 11.8 Å². The van der Waals surface area contributed by atoms with E-state index in [1.165, 1.54) is 18.2 Å². The molecule has 0 N–H and O–H groups in total. The van der Waals surface area contributed by atoms with Crippen LogP contribution >= 0.6 is 11.6 Å². The highest BCUT2D eigenvalue weighted by atomic mass is 35.5. The molecule has 0 unspecified atom stereocenters. The standard InChI is InChI=1S/C14H13ClF4O2/c15-6-1-3-11-4-5-12(16)13(9-11)21-8-2-7-20-10-14(17,18)19/h4-5,9H,2,6-8,10H2. The first-order valence-corrected chi connectivity index (χ1v) is 6.57. The molecule has 0 spiro atoms. The molecule has 1 aromatic rings. The molecule has 116 valence electrons. The van der Waals surface area contributed by atoms with Crippen LogP contribution in [0.3, 0.4) is 0 Å². The van der Waals surface area contributed by atoms with Gasteiger partial charge in [-0.15, -0.1) is 11.6 Å². The molecule has 0 fully saturated rings. The zero-order chi connectivity index (χ0) is 15.7. The maximum atomic E-state index is 13.4. The van der Waals surface area contributed by atoms with Gasteiger partial charge >= 0.3 is 6.18 Å². The minimum Gasteiger partial charge on any atom is -0.490 e. The summed E-state index contributed by atoms with van der Waals surface area (Å²) in [5.41, 5.74) is 0.542. The lowest BCUT2D eigenvalue weighted by Crippen LogP contribution is -2.18. The molecule has 0 heterocycles. The summed E-state index contributed by atoms with van der Waals surface area (Å²) in [6, 6.07) is 4.09. The Hall–Kier alpha value is -1.45. The van der Waals surface area contributed by atoms with Crippen molar-refractivity contribution in [1.82, 2.24) is 0 Å². The molecule has 0 bridgehead atoms. The Bertz CT molecular complexity index is 506. The highest BCUT2D eigenvalue weighted by molar-refractivity contribution is 6.19. The van der Waals surface area contributed by atoms with E-state index in [0.717, 1.165) is 0 Å². The third-order valence-electron chi connectivity index (χ3n) is 2.19. The highest BCUT2D eigenvalue weighted by Gasteiger charge is 2.27. The van der Waals surface area contributed by atoms with Gasteiger partial charge in [-0.05, 0) is 18.2 Å². The van der Waals surface area contributed by atoms with Gasteiger partial charge in [0.25, 0.3) is 0 Å². The number of hydrogen-bond acceptors (Lipinski definition) is 2. The second kappa shape index (κ2) is 8.75. The van der Waals surface area contributed by atoms with Crippen molar-refractivity contribution in [1.29, 1.82) is 0 Å². The molecule has 0 aliphatic carbocycles. The lowest BCUT2D eigenvalue weighted by molar-refractivity contribution is -0.174. The molecule has 0 saturated carbocycles. The number of benzene rings is 1. The Morgan fingerprint density at radius 2 is 1.95 bits per heavy atom. The predicted octanol–water partition coefficient (Wildman–Crippen LogP) is 3.76. The second-order valence-electron chi connectivity index (χ2n) is 3.95. The molecule has 21 heavy (non-hydrogen) atoms. The van der Waals surface area contributed by atoms with Gasteiger partial charge in [-0.25, -0.2) is 4.39 Å². The topological polar surface area (TPSA) is 18.5 Å². The fourth-order valence-electron chi connectivity index (χ4n) is 1.36. The molecule has 1 aromatic carbocycles. The lowest BCUT2D eigenvalue weighted by atomic mass is 10.2. The van der Waals surface area contributed by atoms with Crippen molar-refractivity contribution in [3.05, 3.63) is 29.6 Å². The Labute approximate surface area is 125 Å². The summed E-state index contributed by atoms with van der Waals surface area (Å²) in [4.78, 5) is 0. The van der Waals surface area contributed by atoms with Gasteiger partial charge in [0, 0.05) is 12.0 Å². The summed E-state index contributed by atoms with van der Waals surface area (Å²) in [6.45, 7) is -1.38. The average Bonchev–Trinajstić information content (AvgIpc) is 2.41. The zero-order valence-corrected chi connectivity index (χ0v) is 11.7. The molecule has 0 aliphatic heterocycles. The minimum atomic E-state index is -4.34. The van der Waals surface area contributed by atoms with Crippen LogP contribution in [-0.2, 0) is 4.74 Å². The molecule has 0 aliphatic rings. The Balaban J connectivity index is 2.38. The molecule has 0 radical (unpaired) electrons. The van der Waals surface area contributed by atoms with Crippen molar-refractivity contribution >= 4 is 11.6 Å². The molecular formula is C14H13ClF4O2. The smallest absolute Gasteiger partial charge is 0.411 e. The fraction of sp³-hybridized carbons (Fsp3) is 0.429. The summed E-state index contributed by atoms with van der Waals surface area (Å²) in [7, 11) is 0. The lowest BCUT2D eigenvalue weighted by Gasteiger charge is -2.09. The summed E-state index contributed by atoms with van der Waals surface area (Å²) < 4.78 is 58.4. The first-order chi connectivity index (χ1) is 9.92. The van der Waals surface area contributed by atoms with Crippen molar-refractivity contribution in [2.24, 2.45) is 0 Å². The fourth-order valence-corrected chi connectivity index (χ4v) is 1.43. The van der Waals surface area contributed by atoms with E-state index in [1.54, 1.807) is 0 Å². The molecule has 2 nitrogen and oxygen atoms in total. The van der Waals surface area contributed by atoms with Crippen molar-refractivity contribution < 1.29 is 27.0 Å². The van der Waals surface area contributed by atoms with E-state index in [0.29, 0.717) is 5.56 Å². The molecule has 0 saturated heterocycles. The number of ether oxygens (including phenoxy) is 2. The number of halogens is 5. The first-order valence-electron chi connectivity index (χ1n) is 6.04. The quantitative estimate of drug-likeness (QED) is 0.343. The Morgan fingerprint density at radius 1 is 1.19 bits per heavy atom. The van der Waals surface area contributed by atoms with E-state index in [2.05, 4.69) is 16.6 Å². The van der Waals surface area contributed by atoms with Crippen LogP contribution in [0, 0.1) is 17.7 Å². The molecule has 0 aromatic heterocycles. The number of rotatable bonds is 6. The van der Waals surface area contributed by atoms with Gasteiger partial charge in [0.1, 0.15) is 6.61 Å². The SMILES string of the molecule is Fc1ccc(C#CCCl)cc1OCCCOCC(F)(F)F. The Kier molecular flexibility index (Phi) is 7.34. The minimum absolute atomic E-state index is 0.00723. The largest absolute Gasteiger partial charge is 0.490 e. The zero-order valence-electron chi connectivity index (χ0n) is 11.0. The summed E-state index contributed by atoms with van der Waals surface area (Å²) in [5.74, 6) is 4.91. The van der Waals surface area contributed by atoms with E-state index in [9.17, 15) is 17.6 Å². The molecular weight excluding hydrogens is 312 g/mol. The molecule has 7 heteroatoms. The van der Waals surface area contributed by atoms with Crippen molar-refractivity contribution in [2.75, 3.05) is 25.7 Å². The van der Waals surface area contributed by atoms with Gasteiger partial charge in [0.2, 0.25) is 0 Å². The molecule has 0 amide bonds. The summed E-state index contributed by atoms with van der Waals surface area (Å²) in [5, 5.41) is 0. The van der Waals surface area contributed by atoms with E-state index in [4.69, 9.17) is 16.3 Å². The van der Waals surface area contributed by atoms with Crippen molar-refractivity contribution in [3.8, 4) is 17.6 Å². The monoisotopic (exact) mass is 324 g/mol. The van der Waals surface area contributed by atoms with Gasteiger partial charge < -0.3 is 9.47 Å². The maximum Gasteiger partial charge on any atom is 0.411 e. The van der Waals surface area contributed by atoms with Crippen molar-refractivity contribution in [2.45, 2.75) is 12.6 Å². The average molecular weight is 325 g/mol. The van der Waals surface area contributed by atoms with Gasteiger partial charge in [-0.2, -0.15) is 13.2 Å². The van der Waals surface area contributed by atoms with Gasteiger partial charge in [0.15, 0.2) is 11.6 Å². The van der Waals surface area contributed by atoms with E-state index >= 15 is 0 Å². The van der Waals surface area contributed by atoms with Crippen LogP contribution in [0.15, 0.2) is 18.2 Å². The first kappa shape index (κ1) is 17.6. The van der Waals surface area contributed by atoms with Gasteiger partial charge in [-0.3, -0.25) is 0 Å². The molecule has 0 atom stereocenters. The third kappa shape index (κ3) is 7.78. The number of hydrogen-bond donors (Lipinski definition) is 0. The van der Waals surface area contributed by atoms with Crippen LogP contribution in [0.25, 0.3) is 0 Å². The summed E-state index contributed by atoms with van der Waals surface area (Å²) in [6.07, 6.45) is -4.13. The van der Waals surface area contributed by atoms with E-state index in [1.807, 2.05) is 0 Å². The van der Waals surface area contributed by atoms with Crippen LogP contribution in [0.4, 0.5) is 17.6 Å². The number of alkyl halides is 4. The Morgan fingerprint density at radius 3 is 2.62 bits per heavy atom. The second-order valence-corrected chi connectivity index (χ2v) is 4.22.